The van der Waals surface area contributed by atoms with Crippen molar-refractivity contribution in [3.8, 4) is 11.3 Å². The lowest BCUT2D eigenvalue weighted by molar-refractivity contribution is 0.0980. The molecule has 1 heterocycles. The maximum absolute atomic E-state index is 13.5. The summed E-state index contributed by atoms with van der Waals surface area (Å²) in [6, 6.07) is 14.5. The second kappa shape index (κ2) is 11.9. The molecule has 0 saturated heterocycles. The van der Waals surface area contributed by atoms with Crippen LogP contribution in [0.2, 0.25) is 0 Å². The molecule has 186 valence electrons. The summed E-state index contributed by atoms with van der Waals surface area (Å²) < 4.78 is 28.2. The molecule has 0 aliphatic carbocycles. The molecule has 9 nitrogen and oxygen atoms in total. The van der Waals surface area contributed by atoms with Gasteiger partial charge in [0.25, 0.3) is 0 Å². The van der Waals surface area contributed by atoms with Crippen molar-refractivity contribution in [3.05, 3.63) is 78.8 Å². The Kier molecular flexibility index (Phi) is 8.91. The molecule has 0 fully saturated rings. The predicted molar refractivity (Wildman–Crippen MR) is 132 cm³/mol. The first-order valence-electron chi connectivity index (χ1n) is 11.2. The van der Waals surface area contributed by atoms with Crippen molar-refractivity contribution in [1.29, 1.82) is 0 Å². The van der Waals surface area contributed by atoms with Gasteiger partial charge in [-0.25, -0.2) is 13.2 Å². The molecule has 3 aromatic rings. The standard InChI is InChI=1S/C25H30N4O5S/c1-18(2)16-29(17-24(30)22(28-25(31)32)14-19-6-4-3-5-7-19)35(33,34)21-10-8-20(9-11-21)23-15-26-12-13-27-23/h3-13,15,18,22,24,28,30H,14,16-17H2,1-2H3,(H,31,32)/t22-,24+/m0/s1. The maximum atomic E-state index is 13.5. The maximum Gasteiger partial charge on any atom is 0.404 e. The lowest BCUT2D eigenvalue weighted by Gasteiger charge is -2.30. The van der Waals surface area contributed by atoms with E-state index in [1.165, 1.54) is 16.4 Å². The summed E-state index contributed by atoms with van der Waals surface area (Å²) in [5.74, 6) is -0.0177. The highest BCUT2D eigenvalue weighted by Gasteiger charge is 2.31. The van der Waals surface area contributed by atoms with Gasteiger partial charge < -0.3 is 15.5 Å². The van der Waals surface area contributed by atoms with Crippen molar-refractivity contribution in [2.45, 2.75) is 37.3 Å². The lowest BCUT2D eigenvalue weighted by atomic mass is 10.0. The van der Waals surface area contributed by atoms with Gasteiger partial charge in [-0.1, -0.05) is 56.3 Å². The van der Waals surface area contributed by atoms with Crippen molar-refractivity contribution in [1.82, 2.24) is 19.6 Å². The zero-order valence-electron chi connectivity index (χ0n) is 19.7. The zero-order valence-corrected chi connectivity index (χ0v) is 20.5. The van der Waals surface area contributed by atoms with Gasteiger partial charge in [0, 0.05) is 31.0 Å². The molecule has 0 radical (unpaired) electrons. The second-order valence-corrected chi connectivity index (χ2v) is 10.6. The summed E-state index contributed by atoms with van der Waals surface area (Å²) in [5.41, 5.74) is 2.17. The molecule has 2 aromatic carbocycles. The number of carbonyl (C=O) groups is 1. The molecule has 0 aliphatic rings. The highest BCUT2D eigenvalue weighted by molar-refractivity contribution is 7.89. The van der Waals surface area contributed by atoms with Gasteiger partial charge in [0.15, 0.2) is 0 Å². The Hall–Kier alpha value is -3.34. The van der Waals surface area contributed by atoms with Crippen molar-refractivity contribution in [2.24, 2.45) is 5.92 Å². The minimum atomic E-state index is -3.96. The fourth-order valence-electron chi connectivity index (χ4n) is 3.72. The number of aromatic nitrogens is 2. The van der Waals surface area contributed by atoms with Crippen LogP contribution in [0.25, 0.3) is 11.3 Å². The van der Waals surface area contributed by atoms with Crippen molar-refractivity contribution in [3.63, 3.8) is 0 Å². The van der Waals surface area contributed by atoms with E-state index in [1.54, 1.807) is 30.7 Å². The molecule has 1 aromatic heterocycles. The van der Waals surface area contributed by atoms with E-state index in [4.69, 9.17) is 0 Å². The number of aliphatic hydroxyl groups is 1. The van der Waals surface area contributed by atoms with E-state index in [1.807, 2.05) is 44.2 Å². The van der Waals surface area contributed by atoms with Crippen LogP contribution < -0.4 is 5.32 Å². The molecular weight excluding hydrogens is 468 g/mol. The third-order valence-electron chi connectivity index (χ3n) is 5.38. The number of hydrogen-bond donors (Lipinski definition) is 3. The summed E-state index contributed by atoms with van der Waals surface area (Å²) in [7, 11) is -3.96. The topological polar surface area (TPSA) is 133 Å². The second-order valence-electron chi connectivity index (χ2n) is 8.64. The number of hydrogen-bond acceptors (Lipinski definition) is 6. The van der Waals surface area contributed by atoms with Crippen LogP contribution in [0, 0.1) is 5.92 Å². The number of carboxylic acid groups (broad SMARTS) is 1. The molecule has 3 N–H and O–H groups in total. The molecule has 0 saturated carbocycles. The Bertz CT molecular complexity index is 1190. The number of rotatable bonds is 11. The number of nitrogens with one attached hydrogen (secondary N) is 1. The molecule has 0 aliphatic heterocycles. The number of nitrogens with zero attached hydrogens (tertiary/aromatic N) is 3. The third-order valence-corrected chi connectivity index (χ3v) is 7.23. The van der Waals surface area contributed by atoms with E-state index in [2.05, 4.69) is 15.3 Å². The molecule has 10 heteroatoms. The molecule has 0 unspecified atom stereocenters. The summed E-state index contributed by atoms with van der Waals surface area (Å²) in [6.07, 6.45) is 2.37. The van der Waals surface area contributed by atoms with Crippen LogP contribution in [0.4, 0.5) is 4.79 Å². The Balaban J connectivity index is 1.84. The minimum Gasteiger partial charge on any atom is -0.465 e. The van der Waals surface area contributed by atoms with Crippen molar-refractivity contribution in [2.75, 3.05) is 13.1 Å². The minimum absolute atomic E-state index is 0.0177. The normalized spacial score (nSPS) is 13.5. The van der Waals surface area contributed by atoms with Gasteiger partial charge in [-0.15, -0.1) is 0 Å². The molecule has 35 heavy (non-hydrogen) atoms. The van der Waals surface area contributed by atoms with Crippen LogP contribution in [0.1, 0.15) is 19.4 Å². The average Bonchev–Trinajstić information content (AvgIpc) is 2.84. The Morgan fingerprint density at radius 1 is 1.03 bits per heavy atom. The van der Waals surface area contributed by atoms with Gasteiger partial charge in [0.05, 0.1) is 28.9 Å². The molecule has 1 amide bonds. The number of aliphatic hydroxyl groups excluding tert-OH is 1. The average molecular weight is 499 g/mol. The molecule has 0 spiro atoms. The zero-order chi connectivity index (χ0) is 25.4. The monoisotopic (exact) mass is 498 g/mol. The Morgan fingerprint density at radius 2 is 1.71 bits per heavy atom. The van der Waals surface area contributed by atoms with Crippen LogP contribution in [0.15, 0.2) is 78.1 Å². The molecule has 0 bridgehead atoms. The quantitative estimate of drug-likeness (QED) is 0.370. The van der Waals surface area contributed by atoms with Gasteiger partial charge in [-0.3, -0.25) is 9.97 Å². The Labute approximate surface area is 205 Å². The van der Waals surface area contributed by atoms with E-state index >= 15 is 0 Å². The summed E-state index contributed by atoms with van der Waals surface area (Å²) in [5, 5.41) is 22.6. The van der Waals surface area contributed by atoms with Crippen LogP contribution in [-0.2, 0) is 16.4 Å². The van der Waals surface area contributed by atoms with Crippen LogP contribution in [0.3, 0.4) is 0 Å². The largest absolute Gasteiger partial charge is 0.465 e. The summed E-state index contributed by atoms with van der Waals surface area (Å²) in [4.78, 5) is 19.7. The SMILES string of the molecule is CC(C)CN(C[C@@H](O)[C@H](Cc1ccccc1)NC(=O)O)S(=O)(=O)c1ccc(-c2cnccn2)cc1. The highest BCUT2D eigenvalue weighted by Crippen LogP contribution is 2.23. The van der Waals surface area contributed by atoms with Gasteiger partial charge in [0.1, 0.15) is 0 Å². The van der Waals surface area contributed by atoms with Crippen molar-refractivity contribution < 1.29 is 23.4 Å². The van der Waals surface area contributed by atoms with Gasteiger partial charge in [-0.05, 0) is 30.0 Å². The summed E-state index contributed by atoms with van der Waals surface area (Å²) >= 11 is 0. The van der Waals surface area contributed by atoms with Crippen LogP contribution >= 0.6 is 0 Å². The first-order valence-corrected chi connectivity index (χ1v) is 12.7. The smallest absolute Gasteiger partial charge is 0.404 e. The van der Waals surface area contributed by atoms with E-state index in [9.17, 15) is 23.4 Å². The van der Waals surface area contributed by atoms with E-state index < -0.39 is 28.3 Å². The predicted octanol–water partition coefficient (Wildman–Crippen LogP) is 3.03. The van der Waals surface area contributed by atoms with E-state index in [-0.39, 0.29) is 30.3 Å². The first kappa shape index (κ1) is 26.3. The molecule has 2 atom stereocenters. The van der Waals surface area contributed by atoms with Gasteiger partial charge in [-0.2, -0.15) is 4.31 Å². The number of amides is 1. The molecular formula is C25H30N4O5S. The fourth-order valence-corrected chi connectivity index (χ4v) is 5.34. The molecule has 3 rings (SSSR count). The van der Waals surface area contributed by atoms with Gasteiger partial charge >= 0.3 is 6.09 Å². The van der Waals surface area contributed by atoms with Gasteiger partial charge in [0.2, 0.25) is 10.0 Å². The van der Waals surface area contributed by atoms with Crippen molar-refractivity contribution >= 4 is 16.1 Å². The summed E-state index contributed by atoms with van der Waals surface area (Å²) in [6.45, 7) is 3.66. The number of benzene rings is 2. The van der Waals surface area contributed by atoms with Crippen LogP contribution in [0.5, 0.6) is 0 Å². The fraction of sp³-hybridized carbons (Fsp3) is 0.320. The highest BCUT2D eigenvalue weighted by atomic mass is 32.2. The van der Waals surface area contributed by atoms with E-state index in [0.717, 1.165) is 11.1 Å². The first-order chi connectivity index (χ1) is 16.7. The van der Waals surface area contributed by atoms with E-state index in [0.29, 0.717) is 5.69 Å². The lowest BCUT2D eigenvalue weighted by Crippen LogP contribution is -2.50. The third kappa shape index (κ3) is 7.32. The van der Waals surface area contributed by atoms with Crippen LogP contribution in [-0.4, -0.2) is 64.2 Å². The Morgan fingerprint density at radius 3 is 2.29 bits per heavy atom. The number of sulfonamides is 1.